The number of thiophene rings is 1. The minimum Gasteiger partial charge on any atom is -0.368 e. The molecular weight excluding hydrogens is 226 g/mol. The highest BCUT2D eigenvalue weighted by molar-refractivity contribution is 7.99. The van der Waals surface area contributed by atoms with Crippen LogP contribution in [-0.4, -0.2) is 28.0 Å². The fraction of sp³-hybridized carbons (Fsp3) is 0.400. The van der Waals surface area contributed by atoms with Crippen LogP contribution < -0.4 is 5.32 Å². The van der Waals surface area contributed by atoms with Crippen molar-refractivity contribution >= 4 is 39.1 Å². The summed E-state index contributed by atoms with van der Waals surface area (Å²) in [5, 5.41) is 6.00. The molecule has 0 aliphatic carbocycles. The van der Waals surface area contributed by atoms with Crippen LogP contribution in [0.5, 0.6) is 0 Å². The van der Waals surface area contributed by atoms with E-state index in [1.807, 2.05) is 23.2 Å². The van der Waals surface area contributed by atoms with Crippen LogP contribution in [0.15, 0.2) is 17.8 Å². The fourth-order valence-corrected chi connectivity index (χ4v) is 2.30. The molecule has 15 heavy (non-hydrogen) atoms. The summed E-state index contributed by atoms with van der Waals surface area (Å²) in [4.78, 5) is 8.47. The lowest BCUT2D eigenvalue weighted by atomic mass is 10.4. The molecule has 1 unspecified atom stereocenters. The van der Waals surface area contributed by atoms with Gasteiger partial charge < -0.3 is 5.32 Å². The predicted molar refractivity (Wildman–Crippen MR) is 68.9 cm³/mol. The lowest BCUT2D eigenvalue weighted by Crippen LogP contribution is -2.13. The van der Waals surface area contributed by atoms with Gasteiger partial charge in [-0.2, -0.15) is 11.8 Å². The Kier molecular flexibility index (Phi) is 3.43. The number of thioether (sulfide) groups is 1. The van der Waals surface area contributed by atoms with Crippen molar-refractivity contribution in [3.63, 3.8) is 0 Å². The van der Waals surface area contributed by atoms with Gasteiger partial charge >= 0.3 is 0 Å². The van der Waals surface area contributed by atoms with Crippen LogP contribution in [0.2, 0.25) is 0 Å². The summed E-state index contributed by atoms with van der Waals surface area (Å²) in [5.41, 5.74) is 1.02. The zero-order valence-electron chi connectivity index (χ0n) is 8.73. The van der Waals surface area contributed by atoms with Crippen LogP contribution in [0, 0.1) is 0 Å². The minimum absolute atomic E-state index is 0.593. The Morgan fingerprint density at radius 3 is 3.20 bits per heavy atom. The normalized spacial score (nSPS) is 12.9. The number of rotatable bonds is 4. The van der Waals surface area contributed by atoms with Crippen LogP contribution >= 0.6 is 23.1 Å². The zero-order valence-corrected chi connectivity index (χ0v) is 10.4. The smallest absolute Gasteiger partial charge is 0.147 e. The Bertz CT molecular complexity index is 441. The second kappa shape index (κ2) is 4.81. The molecule has 0 radical (unpaired) electrons. The summed E-state index contributed by atoms with van der Waals surface area (Å²) in [5.74, 6) is 0.955. The number of hydrogen-bond donors (Lipinski definition) is 1. The molecule has 0 saturated carbocycles. The van der Waals surface area contributed by atoms with Crippen molar-refractivity contribution < 1.29 is 0 Å². The molecular formula is C10H13N3S2. The first kappa shape index (κ1) is 10.7. The predicted octanol–water partition coefficient (Wildman–Crippen LogP) is 2.85. The topological polar surface area (TPSA) is 37.8 Å². The molecule has 2 aromatic rings. The van der Waals surface area contributed by atoms with E-state index in [4.69, 9.17) is 0 Å². The summed E-state index contributed by atoms with van der Waals surface area (Å²) < 4.78 is 1.14. The second-order valence-electron chi connectivity index (χ2n) is 3.28. The number of nitrogens with zero attached hydrogens (tertiary/aromatic N) is 2. The maximum Gasteiger partial charge on any atom is 0.147 e. The first-order valence-electron chi connectivity index (χ1n) is 4.76. The molecule has 0 bridgehead atoms. The number of nitrogens with one attached hydrogen (secondary N) is 1. The monoisotopic (exact) mass is 239 g/mol. The van der Waals surface area contributed by atoms with Crippen LogP contribution in [-0.2, 0) is 0 Å². The molecule has 0 spiro atoms. The highest BCUT2D eigenvalue weighted by Crippen LogP contribution is 2.24. The van der Waals surface area contributed by atoms with Crippen molar-refractivity contribution in [3.8, 4) is 0 Å². The van der Waals surface area contributed by atoms with Gasteiger partial charge in [0.1, 0.15) is 12.1 Å². The van der Waals surface area contributed by atoms with E-state index in [1.165, 1.54) is 0 Å². The lowest BCUT2D eigenvalue weighted by Gasteiger charge is -2.10. The zero-order chi connectivity index (χ0) is 10.7. The van der Waals surface area contributed by atoms with E-state index in [0.29, 0.717) is 5.25 Å². The van der Waals surface area contributed by atoms with Gasteiger partial charge in [-0.25, -0.2) is 9.97 Å². The third kappa shape index (κ3) is 2.41. The highest BCUT2D eigenvalue weighted by atomic mass is 32.2. The van der Waals surface area contributed by atoms with Gasteiger partial charge in [-0.05, 0) is 17.7 Å². The van der Waals surface area contributed by atoms with Gasteiger partial charge in [-0.1, -0.05) is 6.92 Å². The second-order valence-corrected chi connectivity index (χ2v) is 5.48. The standard InChI is InChI=1S/C10H13N3S2/c1-7(14-2)5-11-10-9-8(3-4-15-9)12-6-13-10/h3-4,6-7H,5H2,1-2H3,(H,11,12,13). The average Bonchev–Trinajstić information content (AvgIpc) is 2.74. The molecule has 0 aliphatic rings. The maximum atomic E-state index is 4.26. The van der Waals surface area contributed by atoms with E-state index < -0.39 is 0 Å². The van der Waals surface area contributed by atoms with Crippen LogP contribution in [0.1, 0.15) is 6.92 Å². The van der Waals surface area contributed by atoms with Crippen LogP contribution in [0.3, 0.4) is 0 Å². The number of aromatic nitrogens is 2. The third-order valence-corrected chi connectivity index (χ3v) is 4.08. The van der Waals surface area contributed by atoms with E-state index in [9.17, 15) is 0 Å². The maximum absolute atomic E-state index is 4.26. The van der Waals surface area contributed by atoms with Gasteiger partial charge in [0, 0.05) is 11.8 Å². The molecule has 80 valence electrons. The Labute approximate surface area is 97.3 Å². The first-order chi connectivity index (χ1) is 7.31. The number of fused-ring (bicyclic) bond motifs is 1. The first-order valence-corrected chi connectivity index (χ1v) is 6.93. The van der Waals surface area contributed by atoms with Gasteiger partial charge in [0.25, 0.3) is 0 Å². The SMILES string of the molecule is CSC(C)CNc1ncnc2ccsc12. The Hall–Kier alpha value is -0.810. The van der Waals surface area contributed by atoms with E-state index in [0.717, 1.165) is 22.6 Å². The van der Waals surface area contributed by atoms with Gasteiger partial charge in [0.05, 0.1) is 10.2 Å². The molecule has 0 saturated heterocycles. The molecule has 3 nitrogen and oxygen atoms in total. The van der Waals surface area contributed by atoms with Crippen molar-refractivity contribution in [2.45, 2.75) is 12.2 Å². The van der Waals surface area contributed by atoms with Gasteiger partial charge in [-0.15, -0.1) is 11.3 Å². The minimum atomic E-state index is 0.593. The summed E-state index contributed by atoms with van der Waals surface area (Å²) in [7, 11) is 0. The van der Waals surface area contributed by atoms with E-state index >= 15 is 0 Å². The van der Waals surface area contributed by atoms with Crippen molar-refractivity contribution in [1.82, 2.24) is 9.97 Å². The average molecular weight is 239 g/mol. The highest BCUT2D eigenvalue weighted by Gasteiger charge is 2.05. The van der Waals surface area contributed by atoms with Gasteiger partial charge in [-0.3, -0.25) is 0 Å². The van der Waals surface area contributed by atoms with E-state index in [-0.39, 0.29) is 0 Å². The van der Waals surface area contributed by atoms with Crippen molar-refractivity contribution in [1.29, 1.82) is 0 Å². The molecule has 2 rings (SSSR count). The molecule has 5 heteroatoms. The summed E-state index contributed by atoms with van der Waals surface area (Å²) in [6.07, 6.45) is 3.73. The molecule has 2 heterocycles. The lowest BCUT2D eigenvalue weighted by molar-refractivity contribution is 0.992. The molecule has 1 atom stereocenters. The summed E-state index contributed by atoms with van der Waals surface area (Å²) in [6.45, 7) is 3.13. The largest absolute Gasteiger partial charge is 0.368 e. The molecule has 0 aliphatic heterocycles. The van der Waals surface area contributed by atoms with Gasteiger partial charge in [0.15, 0.2) is 0 Å². The number of anilines is 1. The quantitative estimate of drug-likeness (QED) is 0.890. The molecule has 0 amide bonds. The molecule has 2 aromatic heterocycles. The Morgan fingerprint density at radius 2 is 2.40 bits per heavy atom. The summed E-state index contributed by atoms with van der Waals surface area (Å²) in [6, 6.07) is 2.02. The van der Waals surface area contributed by atoms with Gasteiger partial charge in [0.2, 0.25) is 0 Å². The Morgan fingerprint density at radius 1 is 1.53 bits per heavy atom. The summed E-state index contributed by atoms with van der Waals surface area (Å²) >= 11 is 3.53. The van der Waals surface area contributed by atoms with Crippen molar-refractivity contribution in [2.75, 3.05) is 18.1 Å². The van der Waals surface area contributed by atoms with Crippen molar-refractivity contribution in [2.24, 2.45) is 0 Å². The Balaban J connectivity index is 2.17. The van der Waals surface area contributed by atoms with Crippen molar-refractivity contribution in [3.05, 3.63) is 17.8 Å². The van der Waals surface area contributed by atoms with E-state index in [2.05, 4.69) is 28.5 Å². The van der Waals surface area contributed by atoms with Crippen LogP contribution in [0.4, 0.5) is 5.82 Å². The molecule has 1 N–H and O–H groups in total. The number of hydrogen-bond acceptors (Lipinski definition) is 5. The third-order valence-electron chi connectivity index (χ3n) is 2.20. The fourth-order valence-electron chi connectivity index (χ4n) is 1.24. The molecule has 0 fully saturated rings. The van der Waals surface area contributed by atoms with E-state index in [1.54, 1.807) is 17.7 Å². The van der Waals surface area contributed by atoms with Crippen LogP contribution in [0.25, 0.3) is 10.2 Å². The molecule has 0 aromatic carbocycles.